The summed E-state index contributed by atoms with van der Waals surface area (Å²) in [5.41, 5.74) is 0.945. The Bertz CT molecular complexity index is 370. The monoisotopic (exact) mass is 267 g/mol. The van der Waals surface area contributed by atoms with Crippen LogP contribution in [-0.2, 0) is 16.1 Å². The fraction of sp³-hybridized carbons (Fsp3) is 0.714. The van der Waals surface area contributed by atoms with E-state index in [1.54, 1.807) is 0 Å². The number of nitrogens with zero attached hydrogens (tertiary/aromatic N) is 2. The van der Waals surface area contributed by atoms with Gasteiger partial charge in [-0.15, -0.1) is 0 Å². The van der Waals surface area contributed by atoms with E-state index in [4.69, 9.17) is 9.47 Å². The van der Waals surface area contributed by atoms with E-state index >= 15 is 0 Å². The van der Waals surface area contributed by atoms with Crippen molar-refractivity contribution in [3.8, 4) is 0 Å². The molecule has 0 radical (unpaired) electrons. The van der Waals surface area contributed by atoms with Crippen LogP contribution in [0, 0.1) is 12.8 Å². The molecule has 1 heterocycles. The van der Waals surface area contributed by atoms with Crippen molar-refractivity contribution in [1.29, 1.82) is 0 Å². The molecule has 0 spiro atoms. The first-order valence-electron chi connectivity index (χ1n) is 6.85. The Labute approximate surface area is 115 Å². The maximum Gasteiger partial charge on any atom is 0.156 e. The SMILES string of the molecule is CCNc1cc(C)nc(COCCOCC(C)C)n1. The fourth-order valence-electron chi connectivity index (χ4n) is 1.57. The molecule has 0 amide bonds. The van der Waals surface area contributed by atoms with Crippen LogP contribution in [0.2, 0.25) is 0 Å². The van der Waals surface area contributed by atoms with E-state index in [0.717, 1.165) is 24.7 Å². The summed E-state index contributed by atoms with van der Waals surface area (Å²) in [5, 5.41) is 3.18. The van der Waals surface area contributed by atoms with Crippen molar-refractivity contribution in [2.75, 3.05) is 31.7 Å². The number of nitrogens with one attached hydrogen (secondary N) is 1. The van der Waals surface area contributed by atoms with Gasteiger partial charge in [-0.3, -0.25) is 0 Å². The van der Waals surface area contributed by atoms with Crippen LogP contribution in [0.1, 0.15) is 32.3 Å². The van der Waals surface area contributed by atoms with E-state index in [0.29, 0.717) is 31.6 Å². The van der Waals surface area contributed by atoms with Crippen molar-refractivity contribution >= 4 is 5.82 Å². The standard InChI is InChI=1S/C14H25N3O2/c1-5-15-13-8-12(4)16-14(17-13)10-19-7-6-18-9-11(2)3/h8,11H,5-7,9-10H2,1-4H3,(H,15,16,17). The normalized spacial score (nSPS) is 11.0. The number of aryl methyl sites for hydroxylation is 1. The number of hydrogen-bond acceptors (Lipinski definition) is 5. The summed E-state index contributed by atoms with van der Waals surface area (Å²) in [7, 11) is 0. The van der Waals surface area contributed by atoms with Crippen molar-refractivity contribution in [2.24, 2.45) is 5.92 Å². The predicted molar refractivity (Wildman–Crippen MR) is 76.2 cm³/mol. The number of aromatic nitrogens is 2. The molecule has 0 unspecified atom stereocenters. The topological polar surface area (TPSA) is 56.3 Å². The number of hydrogen-bond donors (Lipinski definition) is 1. The molecule has 1 aromatic heterocycles. The first-order chi connectivity index (χ1) is 9.11. The molecule has 108 valence electrons. The van der Waals surface area contributed by atoms with E-state index < -0.39 is 0 Å². The second-order valence-corrected chi connectivity index (χ2v) is 4.86. The Morgan fingerprint density at radius 2 is 1.95 bits per heavy atom. The van der Waals surface area contributed by atoms with Gasteiger partial charge < -0.3 is 14.8 Å². The summed E-state index contributed by atoms with van der Waals surface area (Å²) in [6, 6.07) is 1.93. The third-order valence-corrected chi connectivity index (χ3v) is 2.31. The molecular formula is C14H25N3O2. The van der Waals surface area contributed by atoms with Crippen LogP contribution in [0.5, 0.6) is 0 Å². The molecule has 19 heavy (non-hydrogen) atoms. The molecule has 0 aliphatic heterocycles. The number of rotatable bonds is 9. The Kier molecular flexibility index (Phi) is 7.36. The summed E-state index contributed by atoms with van der Waals surface area (Å²) in [6.45, 7) is 11.5. The predicted octanol–water partition coefficient (Wildman–Crippen LogP) is 2.41. The van der Waals surface area contributed by atoms with Gasteiger partial charge in [0.25, 0.3) is 0 Å². The molecule has 0 aliphatic carbocycles. The van der Waals surface area contributed by atoms with E-state index in [-0.39, 0.29) is 0 Å². The summed E-state index contributed by atoms with van der Waals surface area (Å²) >= 11 is 0. The minimum absolute atomic E-state index is 0.422. The summed E-state index contributed by atoms with van der Waals surface area (Å²) in [4.78, 5) is 8.73. The molecule has 0 aromatic carbocycles. The highest BCUT2D eigenvalue weighted by Crippen LogP contribution is 2.06. The molecule has 1 N–H and O–H groups in total. The van der Waals surface area contributed by atoms with Crippen molar-refractivity contribution in [3.63, 3.8) is 0 Å². The zero-order chi connectivity index (χ0) is 14.1. The molecule has 0 atom stereocenters. The molecular weight excluding hydrogens is 242 g/mol. The van der Waals surface area contributed by atoms with Gasteiger partial charge in [0, 0.05) is 24.9 Å². The fourth-order valence-corrected chi connectivity index (χ4v) is 1.57. The van der Waals surface area contributed by atoms with Crippen LogP contribution >= 0.6 is 0 Å². The molecule has 0 bridgehead atoms. The smallest absolute Gasteiger partial charge is 0.156 e. The maximum absolute atomic E-state index is 5.51. The van der Waals surface area contributed by atoms with Gasteiger partial charge in [-0.1, -0.05) is 13.8 Å². The van der Waals surface area contributed by atoms with Crippen LogP contribution in [-0.4, -0.2) is 36.3 Å². The Balaban J connectivity index is 2.28. The zero-order valence-electron chi connectivity index (χ0n) is 12.4. The lowest BCUT2D eigenvalue weighted by Gasteiger charge is -2.09. The third-order valence-electron chi connectivity index (χ3n) is 2.31. The summed E-state index contributed by atoms with van der Waals surface area (Å²) in [5.74, 6) is 2.12. The van der Waals surface area contributed by atoms with E-state index in [9.17, 15) is 0 Å². The van der Waals surface area contributed by atoms with Gasteiger partial charge in [0.05, 0.1) is 13.2 Å². The Morgan fingerprint density at radius 3 is 2.63 bits per heavy atom. The van der Waals surface area contributed by atoms with Crippen LogP contribution in [0.15, 0.2) is 6.07 Å². The van der Waals surface area contributed by atoms with Crippen molar-refractivity contribution in [1.82, 2.24) is 9.97 Å². The molecule has 0 fully saturated rings. The van der Waals surface area contributed by atoms with E-state index in [1.807, 2.05) is 19.9 Å². The lowest BCUT2D eigenvalue weighted by Crippen LogP contribution is -2.10. The molecule has 0 saturated heterocycles. The molecule has 5 heteroatoms. The van der Waals surface area contributed by atoms with Gasteiger partial charge >= 0.3 is 0 Å². The minimum atomic E-state index is 0.422. The molecule has 0 aliphatic rings. The van der Waals surface area contributed by atoms with Gasteiger partial charge in [0.1, 0.15) is 12.4 Å². The second kappa shape index (κ2) is 8.82. The van der Waals surface area contributed by atoms with E-state index in [1.165, 1.54) is 0 Å². The van der Waals surface area contributed by atoms with Gasteiger partial charge in [0.15, 0.2) is 5.82 Å². The third kappa shape index (κ3) is 7.08. The number of ether oxygens (including phenoxy) is 2. The lowest BCUT2D eigenvalue weighted by molar-refractivity contribution is 0.0294. The summed E-state index contributed by atoms with van der Waals surface area (Å²) < 4.78 is 11.0. The first-order valence-corrected chi connectivity index (χ1v) is 6.85. The maximum atomic E-state index is 5.51. The Hall–Kier alpha value is -1.20. The quantitative estimate of drug-likeness (QED) is 0.696. The largest absolute Gasteiger partial charge is 0.379 e. The highest BCUT2D eigenvalue weighted by molar-refractivity contribution is 5.35. The van der Waals surface area contributed by atoms with Crippen LogP contribution in [0.4, 0.5) is 5.82 Å². The van der Waals surface area contributed by atoms with Gasteiger partial charge in [0.2, 0.25) is 0 Å². The Morgan fingerprint density at radius 1 is 1.21 bits per heavy atom. The highest BCUT2D eigenvalue weighted by Gasteiger charge is 2.02. The second-order valence-electron chi connectivity index (χ2n) is 4.86. The average Bonchev–Trinajstić information content (AvgIpc) is 2.33. The van der Waals surface area contributed by atoms with E-state index in [2.05, 4.69) is 29.1 Å². The van der Waals surface area contributed by atoms with Crippen LogP contribution in [0.3, 0.4) is 0 Å². The molecule has 0 saturated carbocycles. The first kappa shape index (κ1) is 15.9. The minimum Gasteiger partial charge on any atom is -0.379 e. The van der Waals surface area contributed by atoms with Gasteiger partial charge in [-0.25, -0.2) is 9.97 Å². The highest BCUT2D eigenvalue weighted by atomic mass is 16.5. The average molecular weight is 267 g/mol. The zero-order valence-corrected chi connectivity index (χ0v) is 12.4. The lowest BCUT2D eigenvalue weighted by atomic mass is 10.2. The molecule has 5 nitrogen and oxygen atoms in total. The van der Waals surface area contributed by atoms with Gasteiger partial charge in [-0.05, 0) is 19.8 Å². The van der Waals surface area contributed by atoms with Crippen molar-refractivity contribution < 1.29 is 9.47 Å². The molecule has 1 rings (SSSR count). The van der Waals surface area contributed by atoms with Crippen molar-refractivity contribution in [3.05, 3.63) is 17.6 Å². The van der Waals surface area contributed by atoms with Gasteiger partial charge in [-0.2, -0.15) is 0 Å². The van der Waals surface area contributed by atoms with Crippen LogP contribution in [0.25, 0.3) is 0 Å². The molecule has 1 aromatic rings. The summed E-state index contributed by atoms with van der Waals surface area (Å²) in [6.07, 6.45) is 0. The van der Waals surface area contributed by atoms with Crippen LogP contribution < -0.4 is 5.32 Å². The number of anilines is 1. The van der Waals surface area contributed by atoms with Crippen molar-refractivity contribution in [2.45, 2.75) is 34.3 Å².